The van der Waals surface area contributed by atoms with Crippen LogP contribution in [0, 0.1) is 5.82 Å². The predicted octanol–water partition coefficient (Wildman–Crippen LogP) is 2.72. The molecule has 1 aromatic carbocycles. The lowest BCUT2D eigenvalue weighted by Gasteiger charge is -2.37. The summed E-state index contributed by atoms with van der Waals surface area (Å²) in [7, 11) is 7.78. The number of benzene rings is 1. The van der Waals surface area contributed by atoms with E-state index in [0.717, 1.165) is 19.0 Å². The van der Waals surface area contributed by atoms with Crippen molar-refractivity contribution in [1.82, 2.24) is 14.7 Å². The summed E-state index contributed by atoms with van der Waals surface area (Å²) in [6, 6.07) is 4.60. The van der Waals surface area contributed by atoms with E-state index in [-0.39, 0.29) is 18.0 Å². The van der Waals surface area contributed by atoms with Gasteiger partial charge < -0.3 is 14.5 Å². The van der Waals surface area contributed by atoms with Gasteiger partial charge in [0.2, 0.25) is 0 Å². The summed E-state index contributed by atoms with van der Waals surface area (Å²) < 4.78 is 20.2. The van der Waals surface area contributed by atoms with Crippen LogP contribution in [0.1, 0.15) is 18.5 Å². The SMILES string of the molecule is CC1CN(C(CN=C(N(C)C)N(C)C)c2c(F)cccc2Cl)CCO1. The largest absolute Gasteiger partial charge is 0.376 e. The second-order valence-corrected chi connectivity index (χ2v) is 7.16. The molecule has 0 saturated carbocycles. The van der Waals surface area contributed by atoms with Crippen molar-refractivity contribution in [2.75, 3.05) is 54.4 Å². The first-order valence-electron chi connectivity index (χ1n) is 8.50. The lowest BCUT2D eigenvalue weighted by molar-refractivity contribution is -0.0337. The van der Waals surface area contributed by atoms with Crippen LogP contribution in [0.15, 0.2) is 23.2 Å². The molecular weight excluding hydrogens is 343 g/mol. The van der Waals surface area contributed by atoms with E-state index >= 15 is 0 Å². The maximum Gasteiger partial charge on any atom is 0.195 e. The Hall–Kier alpha value is -1.37. The van der Waals surface area contributed by atoms with Crippen LogP contribution >= 0.6 is 11.6 Å². The first kappa shape index (κ1) is 19.9. The van der Waals surface area contributed by atoms with Crippen molar-refractivity contribution in [2.24, 2.45) is 4.99 Å². The van der Waals surface area contributed by atoms with Crippen molar-refractivity contribution in [2.45, 2.75) is 19.1 Å². The Morgan fingerprint density at radius 3 is 2.60 bits per heavy atom. The molecule has 0 N–H and O–H groups in total. The number of hydrogen-bond donors (Lipinski definition) is 0. The topological polar surface area (TPSA) is 31.3 Å². The van der Waals surface area contributed by atoms with Crippen molar-refractivity contribution >= 4 is 17.6 Å². The fourth-order valence-corrected chi connectivity index (χ4v) is 3.49. The highest BCUT2D eigenvalue weighted by Crippen LogP contribution is 2.31. The molecule has 5 nitrogen and oxygen atoms in total. The molecule has 0 aromatic heterocycles. The Morgan fingerprint density at radius 2 is 2.04 bits per heavy atom. The molecule has 1 aliphatic heterocycles. The van der Waals surface area contributed by atoms with Crippen LogP contribution in [0.4, 0.5) is 4.39 Å². The minimum absolute atomic E-state index is 0.105. The molecule has 0 bridgehead atoms. The Morgan fingerprint density at radius 1 is 1.36 bits per heavy atom. The van der Waals surface area contributed by atoms with Gasteiger partial charge in [0.1, 0.15) is 5.82 Å². The van der Waals surface area contributed by atoms with Gasteiger partial charge in [-0.05, 0) is 19.1 Å². The summed E-state index contributed by atoms with van der Waals surface area (Å²) in [4.78, 5) is 10.8. The summed E-state index contributed by atoms with van der Waals surface area (Å²) >= 11 is 6.35. The molecule has 25 heavy (non-hydrogen) atoms. The number of ether oxygens (including phenoxy) is 1. The number of hydrogen-bond acceptors (Lipinski definition) is 3. The third-order valence-electron chi connectivity index (χ3n) is 4.25. The van der Waals surface area contributed by atoms with Gasteiger partial charge in [-0.25, -0.2) is 4.39 Å². The molecule has 0 spiro atoms. The molecule has 1 heterocycles. The molecule has 1 aliphatic rings. The van der Waals surface area contributed by atoms with Gasteiger partial charge in [0, 0.05) is 51.9 Å². The Bertz CT molecular complexity index is 578. The van der Waals surface area contributed by atoms with E-state index in [2.05, 4.69) is 4.90 Å². The molecular formula is C18H28ClFN4O. The van der Waals surface area contributed by atoms with Crippen LogP contribution < -0.4 is 0 Å². The maximum atomic E-state index is 14.6. The van der Waals surface area contributed by atoms with Gasteiger partial charge in [0.05, 0.1) is 25.3 Å². The number of nitrogens with zero attached hydrogens (tertiary/aromatic N) is 4. The van der Waals surface area contributed by atoms with Gasteiger partial charge in [0.25, 0.3) is 0 Å². The molecule has 7 heteroatoms. The minimum Gasteiger partial charge on any atom is -0.376 e. The highest BCUT2D eigenvalue weighted by molar-refractivity contribution is 6.31. The van der Waals surface area contributed by atoms with Gasteiger partial charge >= 0.3 is 0 Å². The summed E-state index contributed by atoms with van der Waals surface area (Å²) in [6.07, 6.45) is 0.105. The molecule has 1 fully saturated rings. The highest BCUT2D eigenvalue weighted by Gasteiger charge is 2.29. The summed E-state index contributed by atoms with van der Waals surface area (Å²) in [5.41, 5.74) is 0.513. The number of aliphatic imine (C=N–C) groups is 1. The van der Waals surface area contributed by atoms with E-state index < -0.39 is 0 Å². The van der Waals surface area contributed by atoms with Crippen LogP contribution in [0.2, 0.25) is 5.02 Å². The van der Waals surface area contributed by atoms with Crippen molar-refractivity contribution < 1.29 is 9.13 Å². The normalized spacial score (nSPS) is 19.4. The third kappa shape index (κ3) is 5.06. The fourth-order valence-electron chi connectivity index (χ4n) is 3.20. The second-order valence-electron chi connectivity index (χ2n) is 6.76. The first-order valence-corrected chi connectivity index (χ1v) is 8.87. The average molecular weight is 371 g/mol. The highest BCUT2D eigenvalue weighted by atomic mass is 35.5. The van der Waals surface area contributed by atoms with Crippen molar-refractivity contribution in [1.29, 1.82) is 0 Å². The Labute approximate surface area is 155 Å². The summed E-state index contributed by atoms with van der Waals surface area (Å²) in [5.74, 6) is 0.543. The van der Waals surface area contributed by atoms with Gasteiger partial charge in [0.15, 0.2) is 5.96 Å². The molecule has 1 aromatic rings. The average Bonchev–Trinajstić information content (AvgIpc) is 2.52. The first-order chi connectivity index (χ1) is 11.8. The number of halogens is 2. The predicted molar refractivity (Wildman–Crippen MR) is 101 cm³/mol. The zero-order valence-corrected chi connectivity index (χ0v) is 16.4. The number of guanidine groups is 1. The van der Waals surface area contributed by atoms with Crippen LogP contribution in [0.3, 0.4) is 0 Å². The zero-order valence-electron chi connectivity index (χ0n) is 15.7. The number of morpholine rings is 1. The second kappa shape index (κ2) is 8.83. The van der Waals surface area contributed by atoms with E-state index in [1.807, 2.05) is 44.9 Å². The zero-order chi connectivity index (χ0) is 18.6. The van der Waals surface area contributed by atoms with Crippen LogP contribution in [-0.4, -0.2) is 81.2 Å². The monoisotopic (exact) mass is 370 g/mol. The molecule has 2 rings (SSSR count). The van der Waals surface area contributed by atoms with Gasteiger partial charge in [-0.15, -0.1) is 0 Å². The molecule has 0 amide bonds. The van der Waals surface area contributed by atoms with E-state index in [9.17, 15) is 4.39 Å². The van der Waals surface area contributed by atoms with Crippen LogP contribution in [0.5, 0.6) is 0 Å². The maximum absolute atomic E-state index is 14.6. The summed E-state index contributed by atoms with van der Waals surface area (Å²) in [6.45, 7) is 4.54. The lowest BCUT2D eigenvalue weighted by Crippen LogP contribution is -2.45. The van der Waals surface area contributed by atoms with Gasteiger partial charge in [-0.3, -0.25) is 9.89 Å². The Balaban J connectivity index is 2.37. The molecule has 2 unspecified atom stereocenters. The van der Waals surface area contributed by atoms with Gasteiger partial charge in [-0.1, -0.05) is 17.7 Å². The molecule has 2 atom stereocenters. The van der Waals surface area contributed by atoms with Crippen LogP contribution in [0.25, 0.3) is 0 Å². The molecule has 1 saturated heterocycles. The number of rotatable bonds is 4. The van der Waals surface area contributed by atoms with Crippen molar-refractivity contribution in [3.8, 4) is 0 Å². The van der Waals surface area contributed by atoms with Crippen molar-refractivity contribution in [3.63, 3.8) is 0 Å². The summed E-state index contributed by atoms with van der Waals surface area (Å²) in [5, 5.41) is 0.440. The fraction of sp³-hybridized carbons (Fsp3) is 0.611. The third-order valence-corrected chi connectivity index (χ3v) is 4.58. The van der Waals surface area contributed by atoms with E-state index in [1.54, 1.807) is 12.1 Å². The van der Waals surface area contributed by atoms with Crippen molar-refractivity contribution in [3.05, 3.63) is 34.6 Å². The van der Waals surface area contributed by atoms with Gasteiger partial charge in [-0.2, -0.15) is 0 Å². The molecule has 0 radical (unpaired) electrons. The quantitative estimate of drug-likeness (QED) is 0.602. The van der Waals surface area contributed by atoms with Crippen LogP contribution in [-0.2, 0) is 4.74 Å². The molecule has 0 aliphatic carbocycles. The minimum atomic E-state index is -0.289. The lowest BCUT2D eigenvalue weighted by atomic mass is 10.0. The molecule has 140 valence electrons. The van der Waals surface area contributed by atoms with E-state index in [4.69, 9.17) is 21.3 Å². The smallest absolute Gasteiger partial charge is 0.195 e. The Kier molecular flexibility index (Phi) is 7.04. The van der Waals surface area contributed by atoms with E-state index in [0.29, 0.717) is 23.7 Å². The van der Waals surface area contributed by atoms with E-state index in [1.165, 1.54) is 6.07 Å². The standard InChI is InChI=1S/C18H28ClFN4O/c1-13-12-24(9-10-25-13)16(11-21-18(22(2)3)23(4)5)17-14(19)7-6-8-15(17)20/h6-8,13,16H,9-12H2,1-5H3.